The van der Waals surface area contributed by atoms with Crippen LogP contribution < -0.4 is 10.2 Å². The van der Waals surface area contributed by atoms with Gasteiger partial charge in [0.1, 0.15) is 5.82 Å². The summed E-state index contributed by atoms with van der Waals surface area (Å²) in [5.74, 6) is -3.71. The standard InChI is InChI=1S/C17H11FIN3O3/c18-13-3-1-2-4-14(13)22-16(24)12(15(23)21-17(22)25)9-20-11-7-5-10(19)6-8-11/h1-9,12H,(H,21,23,25)/t12-/m0/s1. The van der Waals surface area contributed by atoms with Crippen LogP contribution in [0.1, 0.15) is 0 Å². The van der Waals surface area contributed by atoms with Gasteiger partial charge in [-0.15, -0.1) is 0 Å². The summed E-state index contributed by atoms with van der Waals surface area (Å²) < 4.78 is 15.0. The lowest BCUT2D eigenvalue weighted by Crippen LogP contribution is -2.58. The van der Waals surface area contributed by atoms with Crippen LogP contribution in [-0.2, 0) is 9.59 Å². The molecule has 25 heavy (non-hydrogen) atoms. The molecule has 2 aromatic carbocycles. The number of barbiturate groups is 1. The minimum atomic E-state index is -1.32. The highest BCUT2D eigenvalue weighted by molar-refractivity contribution is 14.1. The van der Waals surface area contributed by atoms with Crippen LogP contribution in [0.25, 0.3) is 0 Å². The number of anilines is 1. The Morgan fingerprint density at radius 3 is 2.44 bits per heavy atom. The highest BCUT2D eigenvalue weighted by Crippen LogP contribution is 2.23. The van der Waals surface area contributed by atoms with Crippen molar-refractivity contribution in [1.82, 2.24) is 5.32 Å². The molecule has 1 N–H and O–H groups in total. The second-order valence-electron chi connectivity index (χ2n) is 5.15. The molecule has 6 nitrogen and oxygen atoms in total. The molecule has 0 unspecified atom stereocenters. The Bertz CT molecular complexity index is 883. The number of amides is 4. The van der Waals surface area contributed by atoms with E-state index in [4.69, 9.17) is 0 Å². The number of benzene rings is 2. The van der Waals surface area contributed by atoms with E-state index in [0.29, 0.717) is 10.6 Å². The molecule has 4 amide bonds. The fraction of sp³-hybridized carbons (Fsp3) is 0.0588. The van der Waals surface area contributed by atoms with Gasteiger partial charge in [-0.3, -0.25) is 19.9 Å². The lowest BCUT2D eigenvalue weighted by Gasteiger charge is -2.28. The van der Waals surface area contributed by atoms with E-state index in [1.165, 1.54) is 18.2 Å². The number of aliphatic imine (C=N–C) groups is 1. The zero-order chi connectivity index (χ0) is 18.0. The average molecular weight is 451 g/mol. The molecule has 0 radical (unpaired) electrons. The van der Waals surface area contributed by atoms with Crippen molar-refractivity contribution < 1.29 is 18.8 Å². The van der Waals surface area contributed by atoms with Gasteiger partial charge in [0.15, 0.2) is 5.92 Å². The Morgan fingerprint density at radius 2 is 1.76 bits per heavy atom. The molecule has 0 saturated carbocycles. The van der Waals surface area contributed by atoms with Crippen LogP contribution in [0.3, 0.4) is 0 Å². The highest BCUT2D eigenvalue weighted by atomic mass is 127. The number of halogens is 2. The van der Waals surface area contributed by atoms with Gasteiger partial charge in [-0.25, -0.2) is 14.1 Å². The van der Waals surface area contributed by atoms with Crippen LogP contribution in [0, 0.1) is 15.3 Å². The fourth-order valence-corrected chi connectivity index (χ4v) is 2.63. The number of nitrogens with zero attached hydrogens (tertiary/aromatic N) is 2. The number of carbonyl (C=O) groups excluding carboxylic acids is 3. The van der Waals surface area contributed by atoms with Crippen molar-refractivity contribution in [2.24, 2.45) is 10.9 Å². The van der Waals surface area contributed by atoms with Crippen LogP contribution in [0.5, 0.6) is 0 Å². The van der Waals surface area contributed by atoms with Gasteiger partial charge >= 0.3 is 6.03 Å². The SMILES string of the molecule is O=C1NC(=O)N(c2ccccc2F)C(=O)[C@H]1C=Nc1ccc(I)cc1. The number of rotatable bonds is 3. The Kier molecular flexibility index (Phi) is 4.88. The van der Waals surface area contributed by atoms with Crippen LogP contribution in [0.4, 0.5) is 20.6 Å². The van der Waals surface area contributed by atoms with Gasteiger partial charge in [0, 0.05) is 9.78 Å². The van der Waals surface area contributed by atoms with Gasteiger partial charge < -0.3 is 0 Å². The van der Waals surface area contributed by atoms with Crippen molar-refractivity contribution in [1.29, 1.82) is 0 Å². The van der Waals surface area contributed by atoms with Gasteiger partial charge in [0.2, 0.25) is 5.91 Å². The van der Waals surface area contributed by atoms with Gasteiger partial charge in [-0.05, 0) is 59.0 Å². The molecule has 1 aliphatic heterocycles. The van der Waals surface area contributed by atoms with Crippen molar-refractivity contribution >= 4 is 58.0 Å². The fourth-order valence-electron chi connectivity index (χ4n) is 2.27. The van der Waals surface area contributed by atoms with Crippen molar-refractivity contribution in [2.45, 2.75) is 0 Å². The molecule has 1 fully saturated rings. The molecule has 1 atom stereocenters. The third-order valence-corrected chi connectivity index (χ3v) is 4.21. The summed E-state index contributed by atoms with van der Waals surface area (Å²) in [6.45, 7) is 0. The molecule has 1 saturated heterocycles. The number of para-hydroxylation sites is 1. The molecule has 0 aliphatic carbocycles. The first-order valence-electron chi connectivity index (χ1n) is 7.20. The highest BCUT2D eigenvalue weighted by Gasteiger charge is 2.41. The van der Waals surface area contributed by atoms with E-state index in [2.05, 4.69) is 27.6 Å². The maximum absolute atomic E-state index is 13.9. The molecule has 1 aliphatic rings. The summed E-state index contributed by atoms with van der Waals surface area (Å²) in [5.41, 5.74) is 0.334. The summed E-state index contributed by atoms with van der Waals surface area (Å²) in [5, 5.41) is 2.05. The molecular formula is C17H11FIN3O3. The summed E-state index contributed by atoms with van der Waals surface area (Å²) in [4.78, 5) is 41.3. The molecule has 126 valence electrons. The normalized spacial score (nSPS) is 17.9. The van der Waals surface area contributed by atoms with Crippen LogP contribution in [0.15, 0.2) is 53.5 Å². The van der Waals surface area contributed by atoms with Crippen LogP contribution >= 0.6 is 22.6 Å². The first-order chi connectivity index (χ1) is 12.0. The smallest absolute Gasteiger partial charge is 0.276 e. The van der Waals surface area contributed by atoms with Crippen molar-refractivity contribution in [3.8, 4) is 0 Å². The predicted octanol–water partition coefficient (Wildman–Crippen LogP) is 3.03. The van der Waals surface area contributed by atoms with Gasteiger partial charge in [-0.1, -0.05) is 12.1 Å². The minimum Gasteiger partial charge on any atom is -0.276 e. The lowest BCUT2D eigenvalue weighted by molar-refractivity contribution is -0.131. The predicted molar refractivity (Wildman–Crippen MR) is 98.2 cm³/mol. The third kappa shape index (κ3) is 3.58. The maximum atomic E-state index is 13.9. The summed E-state index contributed by atoms with van der Waals surface area (Å²) in [6.07, 6.45) is 1.15. The number of hydrogen-bond acceptors (Lipinski definition) is 4. The molecule has 0 bridgehead atoms. The Balaban J connectivity index is 1.90. The first-order valence-corrected chi connectivity index (χ1v) is 8.28. The summed E-state index contributed by atoms with van der Waals surface area (Å²) in [7, 11) is 0. The largest absolute Gasteiger partial charge is 0.335 e. The van der Waals surface area contributed by atoms with E-state index in [1.807, 2.05) is 17.4 Å². The average Bonchev–Trinajstić information content (AvgIpc) is 2.57. The Morgan fingerprint density at radius 1 is 1.08 bits per heavy atom. The van der Waals surface area contributed by atoms with Crippen molar-refractivity contribution in [3.05, 3.63) is 57.9 Å². The van der Waals surface area contributed by atoms with Gasteiger partial charge in [-0.2, -0.15) is 0 Å². The molecule has 8 heteroatoms. The second-order valence-corrected chi connectivity index (χ2v) is 6.40. The number of carbonyl (C=O) groups is 3. The number of imide groups is 2. The third-order valence-electron chi connectivity index (χ3n) is 3.49. The number of urea groups is 1. The number of nitrogens with one attached hydrogen (secondary N) is 1. The van der Waals surface area contributed by atoms with E-state index < -0.39 is 29.6 Å². The maximum Gasteiger partial charge on any atom is 0.335 e. The molecule has 0 spiro atoms. The second kappa shape index (κ2) is 7.09. The van der Waals surface area contributed by atoms with Crippen LogP contribution in [-0.4, -0.2) is 24.1 Å². The van der Waals surface area contributed by atoms with E-state index in [0.717, 1.165) is 15.9 Å². The topological polar surface area (TPSA) is 78.8 Å². The molecule has 3 rings (SSSR count). The molecule has 1 heterocycles. The number of hydrogen-bond donors (Lipinski definition) is 1. The van der Waals surface area contributed by atoms with E-state index in [1.54, 1.807) is 12.1 Å². The van der Waals surface area contributed by atoms with Gasteiger partial charge in [0.05, 0.1) is 11.4 Å². The minimum absolute atomic E-state index is 0.217. The van der Waals surface area contributed by atoms with E-state index in [9.17, 15) is 18.8 Å². The van der Waals surface area contributed by atoms with Crippen molar-refractivity contribution in [3.63, 3.8) is 0 Å². The van der Waals surface area contributed by atoms with Gasteiger partial charge in [0.25, 0.3) is 5.91 Å². The summed E-state index contributed by atoms with van der Waals surface area (Å²) >= 11 is 2.14. The van der Waals surface area contributed by atoms with Crippen LogP contribution in [0.2, 0.25) is 0 Å². The van der Waals surface area contributed by atoms with Crippen molar-refractivity contribution in [2.75, 3.05) is 4.90 Å². The Labute approximate surface area is 155 Å². The molecular weight excluding hydrogens is 440 g/mol. The molecule has 0 aromatic heterocycles. The summed E-state index contributed by atoms with van der Waals surface area (Å²) in [6, 6.07) is 11.5. The van der Waals surface area contributed by atoms with E-state index in [-0.39, 0.29) is 5.69 Å². The first kappa shape index (κ1) is 17.2. The van der Waals surface area contributed by atoms with E-state index >= 15 is 0 Å². The zero-order valence-electron chi connectivity index (χ0n) is 12.6. The lowest BCUT2D eigenvalue weighted by atomic mass is 10.1. The zero-order valence-corrected chi connectivity index (χ0v) is 14.8. The molecule has 2 aromatic rings. The monoisotopic (exact) mass is 451 g/mol. The quantitative estimate of drug-likeness (QED) is 0.443. The Hall–Kier alpha value is -2.62.